The normalized spacial score (nSPS) is 13.8. The highest BCUT2D eigenvalue weighted by Crippen LogP contribution is 2.22. The first kappa shape index (κ1) is 25.3. The van der Waals surface area contributed by atoms with E-state index in [9.17, 15) is 23.9 Å². The molecule has 2 aromatic carbocycles. The molecule has 0 aliphatic carbocycles. The Morgan fingerprint density at radius 1 is 1.12 bits per heavy atom. The van der Waals surface area contributed by atoms with Gasteiger partial charge in [0.15, 0.2) is 5.78 Å². The van der Waals surface area contributed by atoms with Crippen LogP contribution in [-0.2, 0) is 16.0 Å². The second-order valence-electron chi connectivity index (χ2n) is 8.22. The number of Topliss-reactive ketones (excluding diaryl/α,β-unsaturated/α-hetero) is 1. The van der Waals surface area contributed by atoms with E-state index in [2.05, 4.69) is 15.6 Å². The molecule has 3 N–H and O–H groups in total. The summed E-state index contributed by atoms with van der Waals surface area (Å²) in [5.74, 6) is -1.73. The maximum atomic E-state index is 13.2. The van der Waals surface area contributed by atoms with Crippen LogP contribution < -0.4 is 10.6 Å². The zero-order valence-corrected chi connectivity index (χ0v) is 19.5. The molecule has 9 heteroatoms. The van der Waals surface area contributed by atoms with Crippen LogP contribution in [0.4, 0.5) is 10.1 Å². The summed E-state index contributed by atoms with van der Waals surface area (Å²) in [6.45, 7) is 3.52. The quantitative estimate of drug-likeness (QED) is 0.470. The van der Waals surface area contributed by atoms with Gasteiger partial charge in [-0.1, -0.05) is 37.6 Å². The number of aliphatic imine (C=N–C) groups is 1. The van der Waals surface area contributed by atoms with Crippen LogP contribution >= 0.6 is 11.6 Å². The zero-order chi connectivity index (χ0) is 24.8. The summed E-state index contributed by atoms with van der Waals surface area (Å²) in [7, 11) is 0. The fraction of sp³-hybridized carbons (Fsp3) is 0.280. The summed E-state index contributed by atoms with van der Waals surface area (Å²) < 4.78 is 13.2. The van der Waals surface area contributed by atoms with E-state index >= 15 is 0 Å². The lowest BCUT2D eigenvalue weighted by molar-refractivity contribution is -0.119. The molecule has 34 heavy (non-hydrogen) atoms. The Bertz CT molecular complexity index is 1160. The summed E-state index contributed by atoms with van der Waals surface area (Å²) >= 11 is 5.96. The number of aliphatic hydroxyl groups excluding tert-OH is 1. The second kappa shape index (κ2) is 11.2. The molecule has 0 fully saturated rings. The number of amides is 2. The molecule has 0 aromatic heterocycles. The van der Waals surface area contributed by atoms with Crippen molar-refractivity contribution in [1.29, 1.82) is 0 Å². The molecular formula is C25H25ClFN3O4. The fourth-order valence-electron chi connectivity index (χ4n) is 3.37. The van der Waals surface area contributed by atoms with E-state index in [1.54, 1.807) is 24.3 Å². The van der Waals surface area contributed by atoms with Gasteiger partial charge in [-0.3, -0.25) is 19.4 Å². The van der Waals surface area contributed by atoms with E-state index in [1.165, 1.54) is 18.3 Å². The van der Waals surface area contributed by atoms with E-state index in [-0.39, 0.29) is 53.0 Å². The van der Waals surface area contributed by atoms with Gasteiger partial charge >= 0.3 is 0 Å². The third-order valence-corrected chi connectivity index (χ3v) is 5.73. The minimum Gasteiger partial charge on any atom is -0.394 e. The number of anilines is 1. The van der Waals surface area contributed by atoms with E-state index in [4.69, 9.17) is 11.6 Å². The number of nitrogens with zero attached hydrogens (tertiary/aromatic N) is 1. The average molecular weight is 486 g/mol. The van der Waals surface area contributed by atoms with Crippen molar-refractivity contribution in [2.75, 3.05) is 11.9 Å². The molecule has 1 aliphatic rings. The Hall–Kier alpha value is -3.36. The number of hydrogen-bond donors (Lipinski definition) is 3. The third kappa shape index (κ3) is 6.15. The highest BCUT2D eigenvalue weighted by molar-refractivity contribution is 6.34. The van der Waals surface area contributed by atoms with Crippen LogP contribution in [0.2, 0.25) is 5.02 Å². The standard InChI is InChI=1S/C25H25ClFN3O4/c1-14(2)21(13-31)30-25(34)23-19(9-10-28-23)24(33)29-17-6-3-15(4-7-17)11-22(32)18-8-5-16(27)12-20(18)26/h3-8,10,12,14,21,31H,9,11,13H2,1-2H3,(H,29,33)(H,30,34)/t21-/m1/s1. The smallest absolute Gasteiger partial charge is 0.270 e. The summed E-state index contributed by atoms with van der Waals surface area (Å²) in [6, 6.07) is 9.84. The first-order valence-electron chi connectivity index (χ1n) is 10.8. The lowest BCUT2D eigenvalue weighted by atomic mass is 10.0. The number of carbonyl (C=O) groups excluding carboxylic acids is 3. The zero-order valence-electron chi connectivity index (χ0n) is 18.8. The van der Waals surface area contributed by atoms with Gasteiger partial charge < -0.3 is 15.7 Å². The van der Waals surface area contributed by atoms with Crippen molar-refractivity contribution in [2.24, 2.45) is 10.9 Å². The van der Waals surface area contributed by atoms with Gasteiger partial charge in [-0.15, -0.1) is 0 Å². The number of nitrogens with one attached hydrogen (secondary N) is 2. The predicted octanol–water partition coefficient (Wildman–Crippen LogP) is 3.70. The maximum Gasteiger partial charge on any atom is 0.270 e. The highest BCUT2D eigenvalue weighted by Gasteiger charge is 2.26. The molecule has 7 nitrogen and oxygen atoms in total. The molecule has 0 radical (unpaired) electrons. The highest BCUT2D eigenvalue weighted by atomic mass is 35.5. The molecule has 0 bridgehead atoms. The number of halogens is 2. The van der Waals surface area contributed by atoms with Gasteiger partial charge in [-0.25, -0.2) is 4.39 Å². The number of benzene rings is 2. The molecule has 1 aliphatic heterocycles. The average Bonchev–Trinajstić information content (AvgIpc) is 3.28. The van der Waals surface area contributed by atoms with Crippen LogP contribution in [-0.4, -0.2) is 41.6 Å². The van der Waals surface area contributed by atoms with Gasteiger partial charge in [-0.2, -0.15) is 0 Å². The van der Waals surface area contributed by atoms with Crippen molar-refractivity contribution in [3.05, 3.63) is 75.7 Å². The van der Waals surface area contributed by atoms with E-state index in [0.29, 0.717) is 11.3 Å². The predicted molar refractivity (Wildman–Crippen MR) is 129 cm³/mol. The first-order chi connectivity index (χ1) is 16.2. The molecule has 1 atom stereocenters. The number of ketones is 1. The van der Waals surface area contributed by atoms with Gasteiger partial charge in [0, 0.05) is 30.3 Å². The van der Waals surface area contributed by atoms with Crippen LogP contribution in [0.15, 0.2) is 58.7 Å². The van der Waals surface area contributed by atoms with Crippen molar-refractivity contribution in [1.82, 2.24) is 5.32 Å². The van der Waals surface area contributed by atoms with Crippen LogP contribution in [0.5, 0.6) is 0 Å². The Labute approximate surface area is 201 Å². The summed E-state index contributed by atoms with van der Waals surface area (Å²) in [6.07, 6.45) is 1.76. The number of aliphatic hydroxyl groups is 1. The molecule has 1 heterocycles. The van der Waals surface area contributed by atoms with Crippen LogP contribution in [0.3, 0.4) is 0 Å². The van der Waals surface area contributed by atoms with E-state index in [0.717, 1.165) is 6.07 Å². The molecule has 0 spiro atoms. The molecule has 3 rings (SSSR count). The lowest BCUT2D eigenvalue weighted by Crippen LogP contribution is -2.42. The maximum absolute atomic E-state index is 13.2. The Morgan fingerprint density at radius 2 is 1.82 bits per heavy atom. The van der Waals surface area contributed by atoms with Crippen LogP contribution in [0.1, 0.15) is 36.2 Å². The van der Waals surface area contributed by atoms with Gasteiger partial charge in [0.2, 0.25) is 0 Å². The van der Waals surface area contributed by atoms with Crippen molar-refractivity contribution >= 4 is 41.1 Å². The fourth-order valence-corrected chi connectivity index (χ4v) is 3.64. The number of rotatable bonds is 9. The van der Waals surface area contributed by atoms with Crippen molar-refractivity contribution in [3.63, 3.8) is 0 Å². The van der Waals surface area contributed by atoms with E-state index in [1.807, 2.05) is 13.8 Å². The minimum absolute atomic E-state index is 0.0155. The Morgan fingerprint density at radius 3 is 2.44 bits per heavy atom. The first-order valence-corrected chi connectivity index (χ1v) is 11.1. The van der Waals surface area contributed by atoms with Crippen molar-refractivity contribution in [2.45, 2.75) is 32.7 Å². The van der Waals surface area contributed by atoms with Crippen molar-refractivity contribution < 1.29 is 23.9 Å². The third-order valence-electron chi connectivity index (χ3n) is 5.42. The lowest BCUT2D eigenvalue weighted by Gasteiger charge is -2.20. The number of hydrogen-bond acceptors (Lipinski definition) is 5. The number of carbonyl (C=O) groups is 3. The molecule has 0 saturated heterocycles. The van der Waals surface area contributed by atoms with Gasteiger partial charge in [0.1, 0.15) is 11.5 Å². The molecule has 0 unspecified atom stereocenters. The molecule has 2 aromatic rings. The second-order valence-corrected chi connectivity index (χ2v) is 8.63. The van der Waals surface area contributed by atoms with Crippen molar-refractivity contribution in [3.8, 4) is 0 Å². The van der Waals surface area contributed by atoms with Gasteiger partial charge in [0.05, 0.1) is 23.2 Å². The molecule has 178 valence electrons. The van der Waals surface area contributed by atoms with E-state index < -0.39 is 23.7 Å². The molecule has 0 saturated carbocycles. The Kier molecular flexibility index (Phi) is 8.31. The Balaban J connectivity index is 1.65. The topological polar surface area (TPSA) is 108 Å². The van der Waals surface area contributed by atoms with Gasteiger partial charge in [-0.05, 0) is 41.8 Å². The minimum atomic E-state index is -0.516. The monoisotopic (exact) mass is 485 g/mol. The van der Waals surface area contributed by atoms with Crippen LogP contribution in [0.25, 0.3) is 0 Å². The van der Waals surface area contributed by atoms with Gasteiger partial charge in [0.25, 0.3) is 11.8 Å². The largest absolute Gasteiger partial charge is 0.394 e. The summed E-state index contributed by atoms with van der Waals surface area (Å²) in [5.41, 5.74) is 1.66. The SMILES string of the molecule is CC(C)[C@@H](CO)NC(=O)C1=C(C(=O)Nc2ccc(CC(=O)c3ccc(F)cc3Cl)cc2)CC=N1. The summed E-state index contributed by atoms with van der Waals surface area (Å²) in [5, 5.41) is 14.9. The molecular weight excluding hydrogens is 461 g/mol. The summed E-state index contributed by atoms with van der Waals surface area (Å²) in [4.78, 5) is 41.8. The van der Waals surface area contributed by atoms with Crippen LogP contribution in [0, 0.1) is 11.7 Å². The molecule has 2 amide bonds.